The molecule has 1 aromatic heterocycles. The fourth-order valence-corrected chi connectivity index (χ4v) is 4.25. The predicted octanol–water partition coefficient (Wildman–Crippen LogP) is 2.76. The lowest BCUT2D eigenvalue weighted by molar-refractivity contribution is -0.145. The van der Waals surface area contributed by atoms with Crippen LogP contribution in [-0.2, 0) is 11.4 Å². The number of hydrogen-bond acceptors (Lipinski definition) is 7. The average molecular weight is 396 g/mol. The zero-order valence-corrected chi connectivity index (χ0v) is 16.5. The highest BCUT2D eigenvalue weighted by atomic mass is 16.5. The number of aromatic nitrogens is 1. The van der Waals surface area contributed by atoms with Gasteiger partial charge in [-0.3, -0.25) is 9.59 Å². The number of ketones is 2. The van der Waals surface area contributed by atoms with Crippen LogP contribution in [0.4, 0.5) is 0 Å². The summed E-state index contributed by atoms with van der Waals surface area (Å²) in [4.78, 5) is 26.1. The van der Waals surface area contributed by atoms with Gasteiger partial charge in [0.1, 0.15) is 12.2 Å². The predicted molar refractivity (Wildman–Crippen MR) is 104 cm³/mol. The number of ether oxygens (including phenoxy) is 1. The second-order valence-electron chi connectivity index (χ2n) is 7.82. The molecule has 0 saturated carbocycles. The number of benzene rings is 1. The molecular formula is C22H24N2O5. The molecule has 29 heavy (non-hydrogen) atoms. The van der Waals surface area contributed by atoms with Gasteiger partial charge in [-0.2, -0.15) is 0 Å². The second-order valence-corrected chi connectivity index (χ2v) is 7.82. The number of aliphatic hydroxyl groups is 1. The van der Waals surface area contributed by atoms with E-state index in [0.717, 1.165) is 12.0 Å². The monoisotopic (exact) mass is 396 g/mol. The first-order valence-corrected chi connectivity index (χ1v) is 9.81. The fraction of sp³-hybridized carbons (Fsp3) is 0.409. The Hall–Kier alpha value is -2.77. The number of carbonyl (C=O) groups excluding carboxylic acids is 2. The minimum atomic E-state index is -2.20. The van der Waals surface area contributed by atoms with Gasteiger partial charge < -0.3 is 19.7 Å². The van der Waals surface area contributed by atoms with E-state index < -0.39 is 28.6 Å². The van der Waals surface area contributed by atoms with Crippen molar-refractivity contribution in [3.05, 3.63) is 59.4 Å². The zero-order valence-electron chi connectivity index (χ0n) is 16.5. The van der Waals surface area contributed by atoms with Crippen LogP contribution < -0.4 is 10.1 Å². The van der Waals surface area contributed by atoms with E-state index in [9.17, 15) is 14.7 Å². The maximum absolute atomic E-state index is 13.4. The Kier molecular flexibility index (Phi) is 4.88. The Morgan fingerprint density at radius 2 is 2.07 bits per heavy atom. The normalized spacial score (nSPS) is 28.2. The topological polar surface area (TPSA) is 102 Å². The van der Waals surface area contributed by atoms with Gasteiger partial charge in [-0.05, 0) is 36.2 Å². The van der Waals surface area contributed by atoms with Crippen LogP contribution in [-0.4, -0.2) is 34.0 Å². The van der Waals surface area contributed by atoms with Gasteiger partial charge >= 0.3 is 0 Å². The van der Waals surface area contributed by atoms with Crippen LogP contribution >= 0.6 is 0 Å². The number of rotatable bonds is 6. The summed E-state index contributed by atoms with van der Waals surface area (Å²) in [7, 11) is 0. The summed E-state index contributed by atoms with van der Waals surface area (Å²) in [5, 5.41) is 18.7. The standard InChI is InChI=1S/C22H24N2O5/c1-3-12-23-18-17-16(19(26)22(27)15(25)10-7-11-21(18,22)2)20(24-29-17)28-13-14-8-5-4-6-9-14/h4-10,18,23,27H,3,11-13H2,1-2H3. The lowest BCUT2D eigenvalue weighted by Crippen LogP contribution is -2.65. The first-order valence-electron chi connectivity index (χ1n) is 9.81. The summed E-state index contributed by atoms with van der Waals surface area (Å²) in [5.41, 5.74) is -2.35. The molecule has 0 spiro atoms. The van der Waals surface area contributed by atoms with Crippen molar-refractivity contribution in [3.63, 3.8) is 0 Å². The number of nitrogens with one attached hydrogen (secondary N) is 1. The molecule has 0 saturated heterocycles. The van der Waals surface area contributed by atoms with Gasteiger partial charge in [0.25, 0.3) is 5.88 Å². The van der Waals surface area contributed by atoms with E-state index in [1.54, 1.807) is 13.0 Å². The molecular weight excluding hydrogens is 372 g/mol. The summed E-state index contributed by atoms with van der Waals surface area (Å²) in [6.45, 7) is 4.55. The van der Waals surface area contributed by atoms with Gasteiger partial charge in [0, 0.05) is 5.41 Å². The number of Topliss-reactive ketones (excluding diaryl/α,β-unsaturated/α-hetero) is 1. The van der Waals surface area contributed by atoms with Crippen LogP contribution in [0.3, 0.4) is 0 Å². The molecule has 1 aromatic carbocycles. The molecule has 3 atom stereocenters. The summed E-state index contributed by atoms with van der Waals surface area (Å²) >= 11 is 0. The quantitative estimate of drug-likeness (QED) is 0.724. The first kappa shape index (κ1) is 19.5. The fourth-order valence-electron chi connectivity index (χ4n) is 4.25. The molecule has 2 aliphatic carbocycles. The third-order valence-electron chi connectivity index (χ3n) is 5.95. The molecule has 1 heterocycles. The van der Waals surface area contributed by atoms with E-state index in [1.807, 2.05) is 37.3 Å². The Balaban J connectivity index is 1.77. The molecule has 2 aromatic rings. The van der Waals surface area contributed by atoms with Crippen LogP contribution in [0.2, 0.25) is 0 Å². The average Bonchev–Trinajstić information content (AvgIpc) is 3.14. The number of fused-ring (bicyclic) bond motifs is 2. The second kappa shape index (κ2) is 7.24. The van der Waals surface area contributed by atoms with Crippen LogP contribution in [0.5, 0.6) is 5.88 Å². The number of carbonyl (C=O) groups is 2. The van der Waals surface area contributed by atoms with Crippen molar-refractivity contribution >= 4 is 11.6 Å². The Labute approximate surface area is 168 Å². The minimum Gasteiger partial charge on any atom is -0.470 e. The van der Waals surface area contributed by atoms with Gasteiger partial charge in [-0.1, -0.05) is 50.3 Å². The lowest BCUT2D eigenvalue weighted by atomic mass is 9.55. The first-order chi connectivity index (χ1) is 13.9. The van der Waals surface area contributed by atoms with Crippen LogP contribution in [0.1, 0.15) is 54.4 Å². The molecule has 0 aliphatic heterocycles. The third-order valence-corrected chi connectivity index (χ3v) is 5.95. The van der Waals surface area contributed by atoms with Gasteiger partial charge in [0.15, 0.2) is 17.1 Å². The molecule has 7 heteroatoms. The number of nitrogens with zero attached hydrogens (tertiary/aromatic N) is 1. The number of hydrogen-bond donors (Lipinski definition) is 2. The molecule has 0 bridgehead atoms. The van der Waals surface area contributed by atoms with Crippen molar-refractivity contribution in [1.29, 1.82) is 0 Å². The van der Waals surface area contributed by atoms with Crippen molar-refractivity contribution < 1.29 is 24.0 Å². The summed E-state index contributed by atoms with van der Waals surface area (Å²) in [5.74, 6) is -1.04. The van der Waals surface area contributed by atoms with E-state index in [-0.39, 0.29) is 18.1 Å². The molecule has 0 radical (unpaired) electrons. The maximum Gasteiger partial charge on any atom is 0.265 e. The Bertz CT molecular complexity index is 967. The number of allylic oxidation sites excluding steroid dienone is 1. The van der Waals surface area contributed by atoms with Crippen LogP contribution in [0.25, 0.3) is 0 Å². The molecule has 0 amide bonds. The highest BCUT2D eigenvalue weighted by Gasteiger charge is 2.67. The maximum atomic E-state index is 13.4. The highest BCUT2D eigenvalue weighted by Crippen LogP contribution is 2.55. The zero-order chi connectivity index (χ0) is 20.6. The highest BCUT2D eigenvalue weighted by molar-refractivity contribution is 6.23. The molecule has 2 N–H and O–H groups in total. The largest absolute Gasteiger partial charge is 0.470 e. The van der Waals surface area contributed by atoms with E-state index >= 15 is 0 Å². The molecule has 152 valence electrons. The summed E-state index contributed by atoms with van der Waals surface area (Å²) in [6, 6.07) is 8.88. The minimum absolute atomic E-state index is 0.00465. The third kappa shape index (κ3) is 2.84. The Morgan fingerprint density at radius 3 is 2.79 bits per heavy atom. The van der Waals surface area contributed by atoms with E-state index in [0.29, 0.717) is 18.7 Å². The van der Waals surface area contributed by atoms with Crippen LogP contribution in [0.15, 0.2) is 47.0 Å². The summed E-state index contributed by atoms with van der Waals surface area (Å²) < 4.78 is 11.3. The lowest BCUT2D eigenvalue weighted by Gasteiger charge is -2.50. The summed E-state index contributed by atoms with van der Waals surface area (Å²) in [6.07, 6.45) is 4.16. The Morgan fingerprint density at radius 1 is 1.31 bits per heavy atom. The molecule has 4 rings (SSSR count). The van der Waals surface area contributed by atoms with Crippen molar-refractivity contribution in [1.82, 2.24) is 10.5 Å². The van der Waals surface area contributed by atoms with E-state index in [4.69, 9.17) is 9.26 Å². The SMILES string of the molecule is CCCNC1c2onc(OCc3ccccc3)c2C(=O)C2(O)C(=O)C=CCC12C. The van der Waals surface area contributed by atoms with Crippen molar-refractivity contribution in [2.24, 2.45) is 5.41 Å². The smallest absolute Gasteiger partial charge is 0.265 e. The van der Waals surface area contributed by atoms with Crippen LogP contribution in [0, 0.1) is 5.41 Å². The molecule has 7 nitrogen and oxygen atoms in total. The van der Waals surface area contributed by atoms with Gasteiger partial charge in [0.05, 0.1) is 6.04 Å². The molecule has 3 unspecified atom stereocenters. The van der Waals surface area contributed by atoms with Crippen molar-refractivity contribution in [2.75, 3.05) is 6.54 Å². The van der Waals surface area contributed by atoms with Crippen molar-refractivity contribution in [2.45, 2.75) is 44.9 Å². The van der Waals surface area contributed by atoms with Gasteiger partial charge in [-0.15, -0.1) is 0 Å². The molecule has 2 aliphatic rings. The van der Waals surface area contributed by atoms with E-state index in [1.165, 1.54) is 6.08 Å². The molecule has 0 fully saturated rings. The van der Waals surface area contributed by atoms with Crippen molar-refractivity contribution in [3.8, 4) is 5.88 Å². The van der Waals surface area contributed by atoms with E-state index in [2.05, 4.69) is 10.5 Å². The van der Waals surface area contributed by atoms with Gasteiger partial charge in [-0.25, -0.2) is 0 Å². The van der Waals surface area contributed by atoms with Gasteiger partial charge in [0.2, 0.25) is 5.78 Å².